The second-order valence-corrected chi connectivity index (χ2v) is 6.34. The van der Waals surface area contributed by atoms with Gasteiger partial charge in [-0.05, 0) is 50.7 Å². The van der Waals surface area contributed by atoms with E-state index >= 15 is 0 Å². The number of esters is 1. The van der Waals surface area contributed by atoms with Crippen LogP contribution in [0.5, 0.6) is 11.5 Å². The third-order valence-electron chi connectivity index (χ3n) is 3.73. The highest BCUT2D eigenvalue weighted by Crippen LogP contribution is 2.36. The number of nitrogens with one attached hydrogen (secondary N) is 2. The summed E-state index contributed by atoms with van der Waals surface area (Å²) in [6, 6.07) is 5.21. The highest BCUT2D eigenvalue weighted by molar-refractivity contribution is 7.80. The summed E-state index contributed by atoms with van der Waals surface area (Å²) in [5.74, 6) is 0.998. The molecule has 0 aliphatic carbocycles. The highest BCUT2D eigenvalue weighted by Gasteiger charge is 2.32. The molecule has 0 saturated carbocycles. The highest BCUT2D eigenvalue weighted by atomic mass is 32.1. The molecule has 2 aliphatic rings. The van der Waals surface area contributed by atoms with E-state index in [1.54, 1.807) is 0 Å². The number of benzene rings is 1. The summed E-state index contributed by atoms with van der Waals surface area (Å²) in [4.78, 5) is 12.5. The Bertz CT molecular complexity index is 715. The molecular weight excluding hydrogens is 328 g/mol. The second kappa shape index (κ2) is 6.68. The standard InChI is InChI=1S/C17H20N2O4S/c1-9(2)23-16(20)14-10(3)18-17(24)19-15(14)11-4-5-12-13(8-11)22-7-6-21-12/h4-5,8-9,15H,6-7H2,1-3H3,(H2,18,19,24)/t15-/m0/s1. The third-order valence-corrected chi connectivity index (χ3v) is 3.95. The van der Waals surface area contributed by atoms with Crippen LogP contribution in [0.15, 0.2) is 29.5 Å². The summed E-state index contributed by atoms with van der Waals surface area (Å²) in [5, 5.41) is 6.59. The lowest BCUT2D eigenvalue weighted by atomic mass is 9.95. The predicted molar refractivity (Wildman–Crippen MR) is 93.0 cm³/mol. The fraction of sp³-hybridized carbons (Fsp3) is 0.412. The summed E-state index contributed by atoms with van der Waals surface area (Å²) in [6.45, 7) is 6.50. The van der Waals surface area contributed by atoms with Crippen molar-refractivity contribution in [3.8, 4) is 11.5 Å². The van der Waals surface area contributed by atoms with Gasteiger partial charge in [-0.1, -0.05) is 6.07 Å². The number of carbonyl (C=O) groups excluding carboxylic acids is 1. The van der Waals surface area contributed by atoms with E-state index in [4.69, 9.17) is 26.4 Å². The first-order valence-corrected chi connectivity index (χ1v) is 8.25. The van der Waals surface area contributed by atoms with Gasteiger partial charge in [0.25, 0.3) is 0 Å². The average Bonchev–Trinajstić information content (AvgIpc) is 2.52. The number of hydrogen-bond donors (Lipinski definition) is 2. The van der Waals surface area contributed by atoms with Crippen LogP contribution >= 0.6 is 12.2 Å². The van der Waals surface area contributed by atoms with Gasteiger partial charge in [-0.2, -0.15) is 0 Å². The minimum Gasteiger partial charge on any atom is -0.486 e. The van der Waals surface area contributed by atoms with Gasteiger partial charge in [0.1, 0.15) is 13.2 Å². The zero-order chi connectivity index (χ0) is 17.3. The molecule has 2 aliphatic heterocycles. The first kappa shape index (κ1) is 16.6. The van der Waals surface area contributed by atoms with Gasteiger partial charge in [0.05, 0.1) is 17.7 Å². The maximum Gasteiger partial charge on any atom is 0.338 e. The van der Waals surface area contributed by atoms with Crippen molar-refractivity contribution in [3.05, 3.63) is 35.0 Å². The molecule has 24 heavy (non-hydrogen) atoms. The zero-order valence-electron chi connectivity index (χ0n) is 13.8. The van der Waals surface area contributed by atoms with Gasteiger partial charge in [-0.3, -0.25) is 0 Å². The molecule has 1 atom stereocenters. The molecule has 0 bridgehead atoms. The molecule has 6 nitrogen and oxygen atoms in total. The quantitative estimate of drug-likeness (QED) is 0.641. The van der Waals surface area contributed by atoms with Crippen LogP contribution < -0.4 is 20.1 Å². The van der Waals surface area contributed by atoms with E-state index in [1.165, 1.54) is 0 Å². The van der Waals surface area contributed by atoms with Crippen LogP contribution in [0.3, 0.4) is 0 Å². The largest absolute Gasteiger partial charge is 0.486 e. The lowest BCUT2D eigenvalue weighted by Crippen LogP contribution is -2.45. The van der Waals surface area contributed by atoms with Crippen molar-refractivity contribution < 1.29 is 19.0 Å². The molecule has 2 N–H and O–H groups in total. The summed E-state index contributed by atoms with van der Waals surface area (Å²) in [7, 11) is 0. The van der Waals surface area contributed by atoms with Crippen molar-refractivity contribution >= 4 is 23.3 Å². The van der Waals surface area contributed by atoms with Crippen molar-refractivity contribution in [1.29, 1.82) is 0 Å². The topological polar surface area (TPSA) is 68.8 Å². The lowest BCUT2D eigenvalue weighted by molar-refractivity contribution is -0.143. The van der Waals surface area contributed by atoms with Gasteiger partial charge in [-0.25, -0.2) is 4.79 Å². The Morgan fingerprint density at radius 2 is 2.00 bits per heavy atom. The summed E-state index contributed by atoms with van der Waals surface area (Å²) in [5.41, 5.74) is 2.05. The Balaban J connectivity index is 1.98. The van der Waals surface area contributed by atoms with Gasteiger partial charge >= 0.3 is 5.97 Å². The predicted octanol–water partition coefficient (Wildman–Crippen LogP) is 2.20. The Hall–Kier alpha value is -2.28. The fourth-order valence-corrected chi connectivity index (χ4v) is 3.00. The smallest absolute Gasteiger partial charge is 0.338 e. The van der Waals surface area contributed by atoms with Crippen LogP contribution in [-0.4, -0.2) is 30.4 Å². The van der Waals surface area contributed by atoms with Gasteiger partial charge < -0.3 is 24.8 Å². The van der Waals surface area contributed by atoms with Crippen LogP contribution in [0, 0.1) is 0 Å². The molecule has 1 aromatic carbocycles. The van der Waals surface area contributed by atoms with Crippen LogP contribution in [0.4, 0.5) is 0 Å². The number of rotatable bonds is 3. The van der Waals surface area contributed by atoms with E-state index in [-0.39, 0.29) is 12.1 Å². The molecule has 1 aromatic rings. The van der Waals surface area contributed by atoms with Crippen molar-refractivity contribution in [2.75, 3.05) is 13.2 Å². The van der Waals surface area contributed by atoms with E-state index in [1.807, 2.05) is 39.0 Å². The number of fused-ring (bicyclic) bond motifs is 1. The number of allylic oxidation sites excluding steroid dienone is 1. The van der Waals surface area contributed by atoms with Crippen LogP contribution in [0.25, 0.3) is 0 Å². The second-order valence-electron chi connectivity index (χ2n) is 5.93. The van der Waals surface area contributed by atoms with Crippen LogP contribution in [0.2, 0.25) is 0 Å². The molecular formula is C17H20N2O4S. The Morgan fingerprint density at radius 1 is 1.29 bits per heavy atom. The molecule has 0 saturated heterocycles. The van der Waals surface area contributed by atoms with Crippen LogP contribution in [-0.2, 0) is 9.53 Å². The molecule has 0 fully saturated rings. The van der Waals surface area contributed by atoms with Gasteiger partial charge in [0.15, 0.2) is 16.6 Å². The lowest BCUT2D eigenvalue weighted by Gasteiger charge is -2.31. The van der Waals surface area contributed by atoms with E-state index < -0.39 is 6.04 Å². The van der Waals surface area contributed by atoms with E-state index in [0.29, 0.717) is 41.1 Å². The number of carbonyl (C=O) groups is 1. The molecule has 0 amide bonds. The molecule has 0 radical (unpaired) electrons. The zero-order valence-corrected chi connectivity index (χ0v) is 14.7. The van der Waals surface area contributed by atoms with Gasteiger partial charge in [0.2, 0.25) is 0 Å². The number of thiocarbonyl (C=S) groups is 1. The molecule has 7 heteroatoms. The third kappa shape index (κ3) is 3.31. The Morgan fingerprint density at radius 3 is 2.71 bits per heavy atom. The molecule has 0 spiro atoms. The minimum atomic E-state index is -0.402. The van der Waals surface area contributed by atoms with Crippen molar-refractivity contribution in [3.63, 3.8) is 0 Å². The molecule has 0 unspecified atom stereocenters. The fourth-order valence-electron chi connectivity index (χ4n) is 2.73. The van der Waals surface area contributed by atoms with Gasteiger partial charge in [-0.15, -0.1) is 0 Å². The number of ether oxygens (including phenoxy) is 3. The first-order valence-electron chi connectivity index (χ1n) is 7.84. The maximum absolute atomic E-state index is 12.5. The molecule has 0 aromatic heterocycles. The normalized spacial score (nSPS) is 19.7. The van der Waals surface area contributed by atoms with Crippen molar-refractivity contribution in [2.45, 2.75) is 32.9 Å². The molecule has 3 rings (SSSR count). The van der Waals surface area contributed by atoms with Gasteiger partial charge in [0, 0.05) is 5.70 Å². The van der Waals surface area contributed by atoms with Crippen molar-refractivity contribution in [1.82, 2.24) is 10.6 Å². The summed E-state index contributed by atoms with van der Waals surface area (Å²) < 4.78 is 16.6. The minimum absolute atomic E-state index is 0.201. The first-order chi connectivity index (χ1) is 11.5. The number of hydrogen-bond acceptors (Lipinski definition) is 5. The van der Waals surface area contributed by atoms with E-state index in [0.717, 1.165) is 5.56 Å². The van der Waals surface area contributed by atoms with E-state index in [9.17, 15) is 4.79 Å². The van der Waals surface area contributed by atoms with E-state index in [2.05, 4.69) is 10.6 Å². The average molecular weight is 348 g/mol. The Kier molecular flexibility index (Phi) is 4.62. The van der Waals surface area contributed by atoms with Crippen LogP contribution in [0.1, 0.15) is 32.4 Å². The Labute approximate surface area is 146 Å². The molecule has 2 heterocycles. The maximum atomic E-state index is 12.5. The molecule has 128 valence electrons. The monoisotopic (exact) mass is 348 g/mol. The van der Waals surface area contributed by atoms with Crippen molar-refractivity contribution in [2.24, 2.45) is 0 Å². The SMILES string of the molecule is CC1=C(C(=O)OC(C)C)[C@H](c2ccc3c(c2)OCCO3)NC(=S)N1. The summed E-state index contributed by atoms with van der Waals surface area (Å²) >= 11 is 5.24. The summed E-state index contributed by atoms with van der Waals surface area (Å²) in [6.07, 6.45) is -0.201.